The first kappa shape index (κ1) is 16.5. The number of hydrogen-bond acceptors (Lipinski definition) is 6. The van der Waals surface area contributed by atoms with Crippen LogP contribution >= 0.6 is 15.9 Å². The van der Waals surface area contributed by atoms with Crippen LogP contribution in [-0.2, 0) is 16.2 Å². The third kappa shape index (κ3) is 3.13. The summed E-state index contributed by atoms with van der Waals surface area (Å²) < 4.78 is 5.95. The first-order valence-corrected chi connectivity index (χ1v) is 7.23. The van der Waals surface area contributed by atoms with Crippen molar-refractivity contribution in [2.45, 2.75) is 6.61 Å². The minimum Gasteiger partial charge on any atom is -0.495 e. The topological polar surface area (TPSA) is 99.1 Å². The molecule has 3 N–H and O–H groups in total. The van der Waals surface area contributed by atoms with Crippen LogP contribution < -0.4 is 10.1 Å². The Balaban J connectivity index is 2.34. The molecule has 0 aromatic heterocycles. The Bertz CT molecular complexity index is 619. The predicted molar refractivity (Wildman–Crippen MR) is 82.1 cm³/mol. The summed E-state index contributed by atoms with van der Waals surface area (Å²) in [5.74, 6) is -0.615. The molecule has 0 saturated carbocycles. The van der Waals surface area contributed by atoms with Crippen LogP contribution in [0.1, 0.15) is 5.56 Å². The summed E-state index contributed by atoms with van der Waals surface area (Å²) in [6.45, 7) is -0.639. The monoisotopic (exact) mass is 370 g/mol. The number of hydrogen-bond donors (Lipinski definition) is 3. The lowest BCUT2D eigenvalue weighted by Crippen LogP contribution is -2.34. The lowest BCUT2D eigenvalue weighted by molar-refractivity contribution is -0.137. The van der Waals surface area contributed by atoms with E-state index in [9.17, 15) is 14.7 Å². The van der Waals surface area contributed by atoms with Crippen LogP contribution in [0.15, 0.2) is 28.4 Å². The van der Waals surface area contributed by atoms with Gasteiger partial charge in [-0.3, -0.25) is 14.5 Å². The van der Waals surface area contributed by atoms with E-state index in [0.717, 1.165) is 11.0 Å². The van der Waals surface area contributed by atoms with E-state index in [1.807, 2.05) is 0 Å². The average Bonchev–Trinajstić information content (AvgIpc) is 2.76. The highest BCUT2D eigenvalue weighted by atomic mass is 79.9. The highest BCUT2D eigenvalue weighted by molar-refractivity contribution is 9.10. The smallest absolute Gasteiger partial charge is 0.277 e. The van der Waals surface area contributed by atoms with Crippen molar-refractivity contribution in [3.05, 3.63) is 33.9 Å². The average molecular weight is 371 g/mol. The number of imide groups is 1. The minimum absolute atomic E-state index is 0.0637. The van der Waals surface area contributed by atoms with Crippen LogP contribution in [0.4, 0.5) is 5.69 Å². The number of aliphatic hydroxyl groups excluding tert-OH is 2. The third-order valence-corrected chi connectivity index (χ3v) is 3.59. The fourth-order valence-electron chi connectivity index (χ4n) is 2.11. The first-order valence-electron chi connectivity index (χ1n) is 6.44. The molecular weight excluding hydrogens is 356 g/mol. The van der Waals surface area contributed by atoms with E-state index in [0.29, 0.717) is 21.5 Å². The summed E-state index contributed by atoms with van der Waals surface area (Å²) in [6.07, 6.45) is 1.15. The number of anilines is 1. The number of amides is 2. The maximum Gasteiger partial charge on any atom is 0.277 e. The molecule has 22 heavy (non-hydrogen) atoms. The number of methoxy groups -OCH3 is 1. The number of benzene rings is 1. The highest BCUT2D eigenvalue weighted by Crippen LogP contribution is 2.34. The second kappa shape index (κ2) is 6.91. The molecule has 0 fully saturated rings. The number of rotatable bonds is 6. The van der Waals surface area contributed by atoms with E-state index in [1.165, 1.54) is 7.11 Å². The Labute approximate surface area is 135 Å². The Morgan fingerprint density at radius 3 is 2.64 bits per heavy atom. The van der Waals surface area contributed by atoms with Crippen molar-refractivity contribution in [2.24, 2.45) is 0 Å². The Hall–Kier alpha value is -1.90. The molecule has 118 valence electrons. The van der Waals surface area contributed by atoms with Crippen LogP contribution in [0.5, 0.6) is 5.75 Å². The molecular formula is C14H15BrN2O5. The summed E-state index contributed by atoms with van der Waals surface area (Å²) in [6, 6.07) is 3.35. The lowest BCUT2D eigenvalue weighted by atomic mass is 10.1. The minimum atomic E-state index is -0.534. The summed E-state index contributed by atoms with van der Waals surface area (Å²) >= 11 is 3.30. The maximum atomic E-state index is 12.1. The SMILES string of the molecule is COc1cc(Br)cc(CO)c1NC1=CC(=O)N(CCO)C1=O. The highest BCUT2D eigenvalue weighted by Gasteiger charge is 2.31. The molecule has 1 aromatic carbocycles. The fraction of sp³-hybridized carbons (Fsp3) is 0.286. The number of β-amino-alcohol motifs (C(OH)–C–C–N with tert-alkyl or cyclic N) is 1. The van der Waals surface area contributed by atoms with Gasteiger partial charge >= 0.3 is 0 Å². The second-order valence-corrected chi connectivity index (χ2v) is 5.42. The van der Waals surface area contributed by atoms with Gasteiger partial charge in [-0.25, -0.2) is 0 Å². The molecule has 0 atom stereocenters. The van der Waals surface area contributed by atoms with E-state index in [4.69, 9.17) is 9.84 Å². The van der Waals surface area contributed by atoms with E-state index < -0.39 is 11.8 Å². The Kier molecular flexibility index (Phi) is 5.17. The van der Waals surface area contributed by atoms with Crippen molar-refractivity contribution < 1.29 is 24.5 Å². The van der Waals surface area contributed by atoms with Gasteiger partial charge in [0.1, 0.15) is 11.4 Å². The molecule has 1 aliphatic rings. The van der Waals surface area contributed by atoms with Crippen LogP contribution in [0, 0.1) is 0 Å². The van der Waals surface area contributed by atoms with Crippen molar-refractivity contribution >= 4 is 33.4 Å². The Morgan fingerprint density at radius 2 is 2.05 bits per heavy atom. The van der Waals surface area contributed by atoms with Gasteiger partial charge in [-0.2, -0.15) is 0 Å². The predicted octanol–water partition coefficient (Wildman–Crippen LogP) is 0.607. The molecule has 1 aliphatic heterocycles. The molecule has 8 heteroatoms. The Morgan fingerprint density at radius 1 is 1.32 bits per heavy atom. The molecule has 1 aromatic rings. The molecule has 0 unspecified atom stereocenters. The van der Waals surface area contributed by atoms with Crippen molar-refractivity contribution in [1.29, 1.82) is 0 Å². The number of aliphatic hydroxyl groups is 2. The molecule has 0 bridgehead atoms. The van der Waals surface area contributed by atoms with Crippen LogP contribution in [0.3, 0.4) is 0 Å². The number of ether oxygens (including phenoxy) is 1. The fourth-order valence-corrected chi connectivity index (χ4v) is 2.59. The molecule has 0 spiro atoms. The normalized spacial score (nSPS) is 14.4. The van der Waals surface area contributed by atoms with Crippen molar-refractivity contribution in [2.75, 3.05) is 25.6 Å². The third-order valence-electron chi connectivity index (χ3n) is 3.13. The van der Waals surface area contributed by atoms with Gasteiger partial charge in [0.15, 0.2) is 0 Å². The van der Waals surface area contributed by atoms with E-state index >= 15 is 0 Å². The zero-order chi connectivity index (χ0) is 16.3. The summed E-state index contributed by atoms with van der Waals surface area (Å²) in [4.78, 5) is 24.8. The van der Waals surface area contributed by atoms with Gasteiger partial charge in [-0.15, -0.1) is 0 Å². The largest absolute Gasteiger partial charge is 0.495 e. The zero-order valence-electron chi connectivity index (χ0n) is 11.8. The molecule has 2 rings (SSSR count). The number of nitrogens with zero attached hydrogens (tertiary/aromatic N) is 1. The standard InChI is InChI=1S/C14H15BrN2O5/c1-22-11-5-9(15)4-8(7-19)13(11)16-10-6-12(20)17(2-3-18)14(10)21/h4-6,16,18-19H,2-3,7H2,1H3. The van der Waals surface area contributed by atoms with Gasteiger partial charge in [0.05, 0.1) is 32.6 Å². The van der Waals surface area contributed by atoms with E-state index in [2.05, 4.69) is 21.2 Å². The van der Waals surface area contributed by atoms with Crippen molar-refractivity contribution in [1.82, 2.24) is 4.90 Å². The number of nitrogens with one attached hydrogen (secondary N) is 1. The van der Waals surface area contributed by atoms with Gasteiger partial charge in [-0.05, 0) is 12.1 Å². The number of halogens is 1. The molecule has 2 amide bonds. The molecule has 0 saturated heterocycles. The lowest BCUT2D eigenvalue weighted by Gasteiger charge is -2.17. The van der Waals surface area contributed by atoms with E-state index in [-0.39, 0.29) is 25.5 Å². The van der Waals surface area contributed by atoms with Gasteiger partial charge in [-0.1, -0.05) is 15.9 Å². The van der Waals surface area contributed by atoms with Crippen molar-refractivity contribution in [3.63, 3.8) is 0 Å². The van der Waals surface area contributed by atoms with Crippen LogP contribution in [-0.4, -0.2) is 47.2 Å². The van der Waals surface area contributed by atoms with Crippen molar-refractivity contribution in [3.8, 4) is 5.75 Å². The summed E-state index contributed by atoms with van der Waals surface area (Å²) in [5, 5.41) is 21.2. The number of carbonyl (C=O) groups is 2. The summed E-state index contributed by atoms with van der Waals surface area (Å²) in [5.41, 5.74) is 0.980. The van der Waals surface area contributed by atoms with Gasteiger partial charge in [0.25, 0.3) is 11.8 Å². The van der Waals surface area contributed by atoms with Gasteiger partial charge < -0.3 is 20.3 Å². The van der Waals surface area contributed by atoms with E-state index in [1.54, 1.807) is 12.1 Å². The maximum absolute atomic E-state index is 12.1. The number of carbonyl (C=O) groups excluding carboxylic acids is 2. The van der Waals surface area contributed by atoms with Crippen LogP contribution in [0.25, 0.3) is 0 Å². The van der Waals surface area contributed by atoms with Crippen LogP contribution in [0.2, 0.25) is 0 Å². The molecule has 7 nitrogen and oxygen atoms in total. The molecule has 0 aliphatic carbocycles. The van der Waals surface area contributed by atoms with Gasteiger partial charge in [0.2, 0.25) is 0 Å². The molecule has 1 heterocycles. The summed E-state index contributed by atoms with van der Waals surface area (Å²) in [7, 11) is 1.46. The molecule has 0 radical (unpaired) electrons. The zero-order valence-corrected chi connectivity index (χ0v) is 13.4. The second-order valence-electron chi connectivity index (χ2n) is 4.50. The van der Waals surface area contributed by atoms with Gasteiger partial charge in [0, 0.05) is 16.1 Å². The quantitative estimate of drug-likeness (QED) is 0.634. The first-order chi connectivity index (χ1) is 10.5.